The van der Waals surface area contributed by atoms with Gasteiger partial charge in [0.2, 0.25) is 15.9 Å². The molecule has 19 heavy (non-hydrogen) atoms. The zero-order valence-electron chi connectivity index (χ0n) is 10.4. The largest absolute Gasteiger partial charge is 0.352 e. The predicted molar refractivity (Wildman–Crippen MR) is 70.6 cm³/mol. The zero-order valence-corrected chi connectivity index (χ0v) is 11.2. The number of rotatable bonds is 5. The number of nitrogens with one attached hydrogen (secondary N) is 2. The lowest BCUT2D eigenvalue weighted by Crippen LogP contribution is -2.44. The summed E-state index contributed by atoms with van der Waals surface area (Å²) in [6.07, 6.45) is 0.502. The van der Waals surface area contributed by atoms with Gasteiger partial charge in [0.1, 0.15) is 0 Å². The van der Waals surface area contributed by atoms with Crippen molar-refractivity contribution in [2.75, 3.05) is 13.1 Å². The Balaban J connectivity index is 1.90. The second-order valence-electron chi connectivity index (χ2n) is 4.70. The van der Waals surface area contributed by atoms with Gasteiger partial charge in [0.15, 0.2) is 0 Å². The first-order valence-corrected chi connectivity index (χ1v) is 7.59. The first-order valence-electron chi connectivity index (χ1n) is 6.04. The van der Waals surface area contributed by atoms with Crippen molar-refractivity contribution in [3.63, 3.8) is 0 Å². The van der Waals surface area contributed by atoms with Gasteiger partial charge in [-0.2, -0.15) is 0 Å². The average Bonchev–Trinajstić information content (AvgIpc) is 2.31. The molecule has 1 heterocycles. The molecule has 2 rings (SSSR count). The molecule has 1 aliphatic heterocycles. The third kappa shape index (κ3) is 4.02. The predicted octanol–water partition coefficient (Wildman–Crippen LogP) is -0.440. The van der Waals surface area contributed by atoms with Gasteiger partial charge in [0, 0.05) is 13.0 Å². The van der Waals surface area contributed by atoms with Gasteiger partial charge < -0.3 is 10.6 Å². The maximum Gasteiger partial charge on any atom is 0.238 e. The topological polar surface area (TPSA) is 101 Å². The normalized spacial score (nSPS) is 15.8. The molecule has 0 aromatic heterocycles. The Morgan fingerprint density at radius 3 is 2.74 bits per heavy atom. The fourth-order valence-corrected chi connectivity index (χ4v) is 2.44. The molecule has 0 saturated carbocycles. The second-order valence-corrected chi connectivity index (χ2v) is 6.26. The molecule has 0 aliphatic carbocycles. The second kappa shape index (κ2) is 5.68. The lowest BCUT2D eigenvalue weighted by Gasteiger charge is -2.26. The molecule has 0 unspecified atom stereocenters. The van der Waals surface area contributed by atoms with Gasteiger partial charge >= 0.3 is 0 Å². The van der Waals surface area contributed by atoms with E-state index in [-0.39, 0.29) is 10.8 Å². The molecule has 6 nitrogen and oxygen atoms in total. The molecule has 1 fully saturated rings. The fraction of sp³-hybridized carbons (Fsp3) is 0.417. The minimum Gasteiger partial charge on any atom is -0.352 e. The molecule has 0 bridgehead atoms. The number of benzene rings is 1. The van der Waals surface area contributed by atoms with Gasteiger partial charge in [-0.1, -0.05) is 12.1 Å². The van der Waals surface area contributed by atoms with E-state index in [0.29, 0.717) is 24.4 Å². The van der Waals surface area contributed by atoms with Crippen LogP contribution in [0, 0.1) is 5.92 Å². The van der Waals surface area contributed by atoms with Gasteiger partial charge in [0.05, 0.1) is 4.90 Å². The number of hydrogen-bond acceptors (Lipinski definition) is 4. The van der Waals surface area contributed by atoms with Crippen molar-refractivity contribution in [1.29, 1.82) is 0 Å². The van der Waals surface area contributed by atoms with Crippen LogP contribution in [-0.2, 0) is 21.4 Å². The third-order valence-corrected chi connectivity index (χ3v) is 3.97. The Morgan fingerprint density at radius 2 is 2.16 bits per heavy atom. The van der Waals surface area contributed by atoms with Gasteiger partial charge in [0.25, 0.3) is 0 Å². The van der Waals surface area contributed by atoms with Crippen molar-refractivity contribution < 1.29 is 13.2 Å². The number of amides is 1. The Morgan fingerprint density at radius 1 is 1.42 bits per heavy atom. The van der Waals surface area contributed by atoms with Gasteiger partial charge in [-0.3, -0.25) is 4.79 Å². The van der Waals surface area contributed by atoms with E-state index in [0.717, 1.165) is 13.1 Å². The van der Waals surface area contributed by atoms with Crippen LogP contribution in [0.4, 0.5) is 0 Å². The van der Waals surface area contributed by atoms with Crippen molar-refractivity contribution in [2.24, 2.45) is 11.1 Å². The first-order chi connectivity index (χ1) is 8.95. The van der Waals surface area contributed by atoms with E-state index in [1.165, 1.54) is 12.1 Å². The highest BCUT2D eigenvalue weighted by Crippen LogP contribution is 2.11. The summed E-state index contributed by atoms with van der Waals surface area (Å²) in [7, 11) is -3.70. The Bertz CT molecular complexity index is 567. The number of primary sulfonamides is 1. The van der Waals surface area contributed by atoms with Crippen LogP contribution in [0.25, 0.3) is 0 Å². The molecule has 1 amide bonds. The van der Waals surface area contributed by atoms with E-state index in [1.807, 2.05) is 0 Å². The molecule has 0 spiro atoms. The fourth-order valence-electron chi connectivity index (χ4n) is 1.86. The highest BCUT2D eigenvalue weighted by Gasteiger charge is 2.19. The van der Waals surface area contributed by atoms with Gasteiger partial charge in [-0.15, -0.1) is 0 Å². The smallest absolute Gasteiger partial charge is 0.238 e. The molecule has 104 valence electrons. The van der Waals surface area contributed by atoms with Crippen LogP contribution in [0.1, 0.15) is 12.0 Å². The summed E-state index contributed by atoms with van der Waals surface area (Å²) in [5.41, 5.74) is 0.714. The summed E-state index contributed by atoms with van der Waals surface area (Å²) < 4.78 is 22.4. The maximum atomic E-state index is 11.6. The Labute approximate surface area is 112 Å². The molecular weight excluding hydrogens is 266 g/mol. The van der Waals surface area contributed by atoms with Gasteiger partial charge in [-0.25, -0.2) is 13.6 Å². The number of nitrogens with two attached hydrogens (primary N) is 1. The van der Waals surface area contributed by atoms with E-state index in [9.17, 15) is 13.2 Å². The zero-order chi connectivity index (χ0) is 13.9. The van der Waals surface area contributed by atoms with E-state index in [4.69, 9.17) is 5.14 Å². The number of carbonyl (C=O) groups is 1. The molecule has 1 saturated heterocycles. The molecule has 0 radical (unpaired) electrons. The molecule has 1 aliphatic rings. The van der Waals surface area contributed by atoms with Crippen LogP contribution in [0.15, 0.2) is 29.2 Å². The number of hydrogen-bond donors (Lipinski definition) is 3. The maximum absolute atomic E-state index is 11.6. The van der Waals surface area contributed by atoms with Crippen LogP contribution < -0.4 is 15.8 Å². The van der Waals surface area contributed by atoms with Crippen molar-refractivity contribution in [3.05, 3.63) is 29.8 Å². The minimum atomic E-state index is -3.70. The number of sulfonamides is 1. The monoisotopic (exact) mass is 283 g/mol. The van der Waals surface area contributed by atoms with Crippen LogP contribution >= 0.6 is 0 Å². The summed E-state index contributed by atoms with van der Waals surface area (Å²) >= 11 is 0. The molecule has 4 N–H and O–H groups in total. The quantitative estimate of drug-likeness (QED) is 0.682. The van der Waals surface area contributed by atoms with E-state index >= 15 is 0 Å². The third-order valence-electron chi connectivity index (χ3n) is 3.06. The SMILES string of the molecule is NS(=O)(=O)c1cccc(CNC(=O)CC2CNC2)c1. The van der Waals surface area contributed by atoms with Gasteiger partial charge in [-0.05, 0) is 36.7 Å². The lowest BCUT2D eigenvalue weighted by atomic mass is 9.99. The Hall–Kier alpha value is -1.44. The van der Waals surface area contributed by atoms with E-state index in [2.05, 4.69) is 10.6 Å². The van der Waals surface area contributed by atoms with Crippen LogP contribution in [-0.4, -0.2) is 27.4 Å². The molecule has 1 aromatic rings. The van der Waals surface area contributed by atoms with Crippen LogP contribution in [0.5, 0.6) is 0 Å². The average molecular weight is 283 g/mol. The Kier molecular flexibility index (Phi) is 4.18. The highest BCUT2D eigenvalue weighted by molar-refractivity contribution is 7.89. The van der Waals surface area contributed by atoms with E-state index in [1.54, 1.807) is 12.1 Å². The highest BCUT2D eigenvalue weighted by atomic mass is 32.2. The van der Waals surface area contributed by atoms with Crippen molar-refractivity contribution in [3.8, 4) is 0 Å². The van der Waals surface area contributed by atoms with Crippen LogP contribution in [0.2, 0.25) is 0 Å². The van der Waals surface area contributed by atoms with Crippen molar-refractivity contribution >= 4 is 15.9 Å². The van der Waals surface area contributed by atoms with E-state index < -0.39 is 10.0 Å². The van der Waals surface area contributed by atoms with Crippen molar-refractivity contribution in [1.82, 2.24) is 10.6 Å². The minimum absolute atomic E-state index is 0.0208. The summed E-state index contributed by atoms with van der Waals surface area (Å²) in [4.78, 5) is 11.7. The first kappa shape index (κ1) is 14.0. The summed E-state index contributed by atoms with van der Waals surface area (Å²) in [6.45, 7) is 2.07. The van der Waals surface area contributed by atoms with Crippen molar-refractivity contribution in [2.45, 2.75) is 17.9 Å². The lowest BCUT2D eigenvalue weighted by molar-refractivity contribution is -0.122. The standard InChI is InChI=1S/C12H17N3O3S/c13-19(17,18)11-3-1-2-9(4-11)8-15-12(16)5-10-6-14-7-10/h1-4,10,14H,5-8H2,(H,15,16)(H2,13,17,18). The van der Waals surface area contributed by atoms with Crippen LogP contribution in [0.3, 0.4) is 0 Å². The summed E-state index contributed by atoms with van der Waals surface area (Å²) in [5.74, 6) is 0.392. The summed E-state index contributed by atoms with van der Waals surface area (Å²) in [6, 6.07) is 6.26. The molecule has 7 heteroatoms. The summed E-state index contributed by atoms with van der Waals surface area (Å²) in [5, 5.41) is 10.9. The molecule has 1 aromatic carbocycles. The molecular formula is C12H17N3O3S. The number of carbonyl (C=O) groups excluding carboxylic acids is 1. The molecule has 0 atom stereocenters.